The molecular formula is C30H34N2O3. The van der Waals surface area contributed by atoms with Gasteiger partial charge in [-0.3, -0.25) is 0 Å². The Morgan fingerprint density at radius 2 is 1.60 bits per heavy atom. The van der Waals surface area contributed by atoms with Crippen molar-refractivity contribution in [3.05, 3.63) is 89.5 Å². The second kappa shape index (κ2) is 10.9. The molecule has 182 valence electrons. The molecule has 0 saturated heterocycles. The van der Waals surface area contributed by atoms with Crippen LogP contribution in [0.25, 0.3) is 0 Å². The Bertz CT molecular complexity index is 1140. The molecule has 0 spiro atoms. The van der Waals surface area contributed by atoms with E-state index >= 15 is 0 Å². The quantitative estimate of drug-likeness (QED) is 0.292. The van der Waals surface area contributed by atoms with Crippen LogP contribution in [-0.2, 0) is 0 Å². The van der Waals surface area contributed by atoms with E-state index in [4.69, 9.17) is 19.3 Å². The highest BCUT2D eigenvalue weighted by Gasteiger charge is 2.40. The number of para-hydroxylation sites is 1. The van der Waals surface area contributed by atoms with Gasteiger partial charge in [-0.05, 0) is 73.5 Å². The molecule has 0 bridgehead atoms. The minimum atomic E-state index is -0.284. The zero-order chi connectivity index (χ0) is 24.0. The van der Waals surface area contributed by atoms with Crippen LogP contribution in [0.2, 0.25) is 0 Å². The first kappa shape index (κ1) is 23.3. The molecule has 2 heterocycles. The molecule has 5 nitrogen and oxygen atoms in total. The Hall–Kier alpha value is -3.47. The van der Waals surface area contributed by atoms with E-state index in [2.05, 4.69) is 54.4 Å². The number of benzene rings is 3. The summed E-state index contributed by atoms with van der Waals surface area (Å²) in [6.45, 7) is 5.64. The SMILES string of the molecule is CCCCCCOc1ccc([C@H]2Oc3ccccc3[C@@H]3CC(c4ccc(OCC)cc4)=NN23)cc1. The number of hydrogen-bond acceptors (Lipinski definition) is 5. The minimum Gasteiger partial charge on any atom is -0.494 e. The maximum Gasteiger partial charge on any atom is 0.213 e. The molecule has 5 rings (SSSR count). The summed E-state index contributed by atoms with van der Waals surface area (Å²) < 4.78 is 18.0. The third-order valence-corrected chi connectivity index (χ3v) is 6.63. The van der Waals surface area contributed by atoms with Gasteiger partial charge in [0.2, 0.25) is 6.23 Å². The van der Waals surface area contributed by atoms with Crippen LogP contribution in [0.3, 0.4) is 0 Å². The lowest BCUT2D eigenvalue weighted by Gasteiger charge is -2.38. The number of hydrazone groups is 1. The lowest BCUT2D eigenvalue weighted by molar-refractivity contribution is -0.0190. The van der Waals surface area contributed by atoms with Gasteiger partial charge in [0.05, 0.1) is 25.0 Å². The predicted octanol–water partition coefficient (Wildman–Crippen LogP) is 7.29. The summed E-state index contributed by atoms with van der Waals surface area (Å²) in [5.41, 5.74) is 4.43. The minimum absolute atomic E-state index is 0.140. The largest absolute Gasteiger partial charge is 0.494 e. The van der Waals surface area contributed by atoms with Gasteiger partial charge in [-0.2, -0.15) is 5.10 Å². The highest BCUT2D eigenvalue weighted by atomic mass is 16.5. The number of hydrogen-bond donors (Lipinski definition) is 0. The fourth-order valence-electron chi connectivity index (χ4n) is 4.79. The summed E-state index contributed by atoms with van der Waals surface area (Å²) in [7, 11) is 0. The maximum atomic E-state index is 6.49. The summed E-state index contributed by atoms with van der Waals surface area (Å²) >= 11 is 0. The average molecular weight is 471 g/mol. The van der Waals surface area contributed by atoms with Gasteiger partial charge in [-0.25, -0.2) is 5.01 Å². The smallest absolute Gasteiger partial charge is 0.213 e. The van der Waals surface area contributed by atoms with Crippen molar-refractivity contribution in [2.75, 3.05) is 13.2 Å². The van der Waals surface area contributed by atoms with Crippen molar-refractivity contribution in [1.82, 2.24) is 5.01 Å². The van der Waals surface area contributed by atoms with Crippen molar-refractivity contribution in [2.45, 2.75) is 58.2 Å². The van der Waals surface area contributed by atoms with Crippen molar-refractivity contribution in [1.29, 1.82) is 0 Å². The van der Waals surface area contributed by atoms with E-state index in [9.17, 15) is 0 Å². The van der Waals surface area contributed by atoms with Crippen molar-refractivity contribution in [3.8, 4) is 17.2 Å². The zero-order valence-electron chi connectivity index (χ0n) is 20.7. The van der Waals surface area contributed by atoms with Crippen LogP contribution >= 0.6 is 0 Å². The molecule has 2 aliphatic rings. The fourth-order valence-corrected chi connectivity index (χ4v) is 4.79. The first-order chi connectivity index (χ1) is 17.3. The lowest BCUT2D eigenvalue weighted by atomic mass is 9.96. The van der Waals surface area contributed by atoms with E-state index in [1.807, 2.05) is 37.3 Å². The molecule has 0 saturated carbocycles. The van der Waals surface area contributed by atoms with Crippen LogP contribution in [-0.4, -0.2) is 23.9 Å². The van der Waals surface area contributed by atoms with E-state index in [-0.39, 0.29) is 12.3 Å². The number of nitrogens with zero attached hydrogens (tertiary/aromatic N) is 2. The normalized spacial score (nSPS) is 18.3. The van der Waals surface area contributed by atoms with Crippen LogP contribution in [0.4, 0.5) is 0 Å². The average Bonchev–Trinajstić information content (AvgIpc) is 3.35. The molecule has 35 heavy (non-hydrogen) atoms. The molecular weight excluding hydrogens is 436 g/mol. The summed E-state index contributed by atoms with van der Waals surface area (Å²) in [6, 6.07) is 25.0. The molecule has 0 fully saturated rings. The molecule has 0 N–H and O–H groups in total. The van der Waals surface area contributed by atoms with Crippen molar-refractivity contribution < 1.29 is 14.2 Å². The Labute approximate surface area is 208 Å². The first-order valence-electron chi connectivity index (χ1n) is 12.8. The van der Waals surface area contributed by atoms with Gasteiger partial charge in [0.25, 0.3) is 0 Å². The van der Waals surface area contributed by atoms with Gasteiger partial charge < -0.3 is 14.2 Å². The maximum absolute atomic E-state index is 6.49. The van der Waals surface area contributed by atoms with Crippen LogP contribution in [0, 0.1) is 0 Å². The van der Waals surface area contributed by atoms with Gasteiger partial charge in [-0.15, -0.1) is 0 Å². The number of ether oxygens (including phenoxy) is 3. The number of fused-ring (bicyclic) bond motifs is 3. The van der Waals surface area contributed by atoms with Gasteiger partial charge in [0.15, 0.2) is 0 Å². The fraction of sp³-hybridized carbons (Fsp3) is 0.367. The first-order valence-corrected chi connectivity index (χ1v) is 12.8. The zero-order valence-corrected chi connectivity index (χ0v) is 20.7. The molecule has 2 aliphatic heterocycles. The predicted molar refractivity (Wildman–Crippen MR) is 139 cm³/mol. The lowest BCUT2D eigenvalue weighted by Crippen LogP contribution is -2.33. The molecule has 2 atom stereocenters. The summed E-state index contributed by atoms with van der Waals surface area (Å²) in [5, 5.41) is 7.19. The van der Waals surface area contributed by atoms with Crippen molar-refractivity contribution in [3.63, 3.8) is 0 Å². The third-order valence-electron chi connectivity index (χ3n) is 6.63. The molecule has 0 radical (unpaired) electrons. The summed E-state index contributed by atoms with van der Waals surface area (Å²) in [4.78, 5) is 0. The Morgan fingerprint density at radius 3 is 2.37 bits per heavy atom. The third kappa shape index (κ3) is 5.14. The summed E-state index contributed by atoms with van der Waals surface area (Å²) in [5.74, 6) is 2.71. The second-order valence-electron chi connectivity index (χ2n) is 9.09. The Kier molecular flexibility index (Phi) is 7.22. The topological polar surface area (TPSA) is 43.3 Å². The van der Waals surface area contributed by atoms with E-state index in [0.29, 0.717) is 6.61 Å². The Morgan fingerprint density at radius 1 is 0.857 bits per heavy atom. The molecule has 0 aromatic heterocycles. The number of rotatable bonds is 10. The van der Waals surface area contributed by atoms with E-state index in [1.165, 1.54) is 24.8 Å². The van der Waals surface area contributed by atoms with Crippen molar-refractivity contribution >= 4 is 5.71 Å². The van der Waals surface area contributed by atoms with Gasteiger partial charge in [-0.1, -0.05) is 44.4 Å². The van der Waals surface area contributed by atoms with E-state index < -0.39 is 0 Å². The highest BCUT2D eigenvalue weighted by Crippen LogP contribution is 2.47. The molecule has 0 amide bonds. The van der Waals surface area contributed by atoms with Gasteiger partial charge in [0, 0.05) is 17.5 Å². The monoisotopic (exact) mass is 470 g/mol. The number of unbranched alkanes of at least 4 members (excludes halogenated alkanes) is 3. The van der Waals surface area contributed by atoms with Crippen LogP contribution in [0.1, 0.15) is 74.9 Å². The second-order valence-corrected chi connectivity index (χ2v) is 9.09. The standard InChI is InChI=1S/C30H34N2O3/c1-3-5-6-9-20-34-25-18-14-23(15-19-25)30-32-28(26-10-7-8-11-29(26)35-30)21-27(31-32)22-12-16-24(17-13-22)33-4-2/h7-8,10-19,28,30H,3-6,9,20-21H2,1-2H3/t28-,30+/m0/s1. The molecule has 3 aromatic rings. The van der Waals surface area contributed by atoms with E-state index in [1.54, 1.807) is 0 Å². The highest BCUT2D eigenvalue weighted by molar-refractivity contribution is 6.02. The Balaban J connectivity index is 1.36. The van der Waals surface area contributed by atoms with Gasteiger partial charge in [0.1, 0.15) is 17.2 Å². The molecule has 3 aromatic carbocycles. The van der Waals surface area contributed by atoms with Crippen LogP contribution < -0.4 is 14.2 Å². The molecule has 0 aliphatic carbocycles. The van der Waals surface area contributed by atoms with Crippen LogP contribution in [0.5, 0.6) is 17.2 Å². The van der Waals surface area contributed by atoms with Gasteiger partial charge >= 0.3 is 0 Å². The molecule has 0 unspecified atom stereocenters. The summed E-state index contributed by atoms with van der Waals surface area (Å²) in [6.07, 6.45) is 5.36. The van der Waals surface area contributed by atoms with E-state index in [0.717, 1.165) is 53.5 Å². The van der Waals surface area contributed by atoms with Crippen LogP contribution in [0.15, 0.2) is 77.9 Å². The van der Waals surface area contributed by atoms with Crippen molar-refractivity contribution in [2.24, 2.45) is 5.10 Å². The molecule has 5 heteroatoms.